The van der Waals surface area contributed by atoms with Crippen LogP contribution in [0.25, 0.3) is 0 Å². The van der Waals surface area contributed by atoms with Crippen LogP contribution in [0.5, 0.6) is 0 Å². The van der Waals surface area contributed by atoms with E-state index in [1.807, 2.05) is 23.4 Å². The van der Waals surface area contributed by atoms with Crippen LogP contribution in [0.3, 0.4) is 0 Å². The first-order valence-electron chi connectivity index (χ1n) is 9.09. The van der Waals surface area contributed by atoms with Crippen LogP contribution >= 0.6 is 11.3 Å². The molecule has 0 unspecified atom stereocenters. The van der Waals surface area contributed by atoms with Crippen molar-refractivity contribution in [1.29, 1.82) is 0 Å². The largest absolute Gasteiger partial charge is 0.381 e. The summed E-state index contributed by atoms with van der Waals surface area (Å²) in [5, 5.41) is 3.25. The summed E-state index contributed by atoms with van der Waals surface area (Å²) >= 11 is 1.73. The van der Waals surface area contributed by atoms with E-state index in [1.165, 1.54) is 5.01 Å². The first-order valence-corrected chi connectivity index (χ1v) is 9.97. The summed E-state index contributed by atoms with van der Waals surface area (Å²) in [5.41, 5.74) is 0. The maximum absolute atomic E-state index is 12.5. The second-order valence-electron chi connectivity index (χ2n) is 6.93. The van der Waals surface area contributed by atoms with E-state index in [0.717, 1.165) is 58.6 Å². The molecule has 24 heavy (non-hydrogen) atoms. The molecular formula is C18H28N2O3S. The first-order chi connectivity index (χ1) is 11.7. The molecule has 1 atom stereocenters. The van der Waals surface area contributed by atoms with Gasteiger partial charge >= 0.3 is 0 Å². The molecule has 134 valence electrons. The molecule has 1 aromatic rings. The van der Waals surface area contributed by atoms with Crippen molar-refractivity contribution in [2.75, 3.05) is 32.9 Å². The number of hydrogen-bond acceptors (Lipinski definition) is 5. The van der Waals surface area contributed by atoms with E-state index in [2.05, 4.69) is 4.98 Å². The van der Waals surface area contributed by atoms with Gasteiger partial charge in [0.2, 0.25) is 5.91 Å². The third-order valence-corrected chi connectivity index (χ3v) is 6.01. The molecule has 0 bridgehead atoms. The molecule has 0 spiro atoms. The number of aromatic nitrogens is 1. The molecule has 1 amide bonds. The summed E-state index contributed by atoms with van der Waals surface area (Å²) in [6, 6.07) is 0. The molecular weight excluding hydrogens is 324 g/mol. The van der Waals surface area contributed by atoms with Gasteiger partial charge in [-0.3, -0.25) is 4.79 Å². The van der Waals surface area contributed by atoms with Gasteiger partial charge in [-0.25, -0.2) is 4.98 Å². The average molecular weight is 353 g/mol. The first kappa shape index (κ1) is 17.8. The van der Waals surface area contributed by atoms with Crippen LogP contribution in [-0.4, -0.2) is 54.8 Å². The topological polar surface area (TPSA) is 51.7 Å². The number of likely N-dealkylation sites (tertiary alicyclic amines) is 1. The van der Waals surface area contributed by atoms with E-state index >= 15 is 0 Å². The second-order valence-corrected chi connectivity index (χ2v) is 7.86. The minimum absolute atomic E-state index is 0.00275. The maximum Gasteiger partial charge on any atom is 0.225 e. The van der Waals surface area contributed by atoms with Crippen LogP contribution in [0.15, 0.2) is 11.6 Å². The van der Waals surface area contributed by atoms with Gasteiger partial charge in [0.15, 0.2) is 0 Å². The van der Waals surface area contributed by atoms with E-state index < -0.39 is 0 Å². The van der Waals surface area contributed by atoms with Crippen molar-refractivity contribution in [1.82, 2.24) is 9.88 Å². The van der Waals surface area contributed by atoms with Crippen LogP contribution in [0.4, 0.5) is 0 Å². The Hall–Kier alpha value is -0.980. The fraction of sp³-hybridized carbons (Fsp3) is 0.778. The SMILES string of the molecule is C[C@H](CC(=O)N1CCC(c2nccs2)CC1)OCC1CCOCC1. The predicted molar refractivity (Wildman–Crippen MR) is 94.2 cm³/mol. The van der Waals surface area contributed by atoms with Crippen LogP contribution in [0.1, 0.15) is 50.0 Å². The minimum atomic E-state index is -0.00275. The molecule has 0 radical (unpaired) electrons. The minimum Gasteiger partial charge on any atom is -0.381 e. The number of piperidine rings is 1. The van der Waals surface area contributed by atoms with Gasteiger partial charge in [0, 0.05) is 50.4 Å². The lowest BCUT2D eigenvalue weighted by Gasteiger charge is -2.32. The number of thiazole rings is 1. The van der Waals surface area contributed by atoms with E-state index in [-0.39, 0.29) is 12.0 Å². The van der Waals surface area contributed by atoms with Crippen molar-refractivity contribution in [3.8, 4) is 0 Å². The Bertz CT molecular complexity index is 494. The van der Waals surface area contributed by atoms with Gasteiger partial charge in [-0.1, -0.05) is 0 Å². The summed E-state index contributed by atoms with van der Waals surface area (Å²) < 4.78 is 11.3. The van der Waals surface area contributed by atoms with Gasteiger partial charge in [0.25, 0.3) is 0 Å². The predicted octanol–water partition coefficient (Wildman–Crippen LogP) is 3.07. The normalized spacial score (nSPS) is 21.8. The lowest BCUT2D eigenvalue weighted by atomic mass is 9.97. The standard InChI is InChI=1S/C18H28N2O3S/c1-14(23-13-15-4-9-22-10-5-15)12-17(21)20-7-2-16(3-8-20)18-19-6-11-24-18/h6,11,14-16H,2-5,7-10,12-13H2,1H3/t14-/m1/s1. The average Bonchev–Trinajstić information content (AvgIpc) is 3.16. The quantitative estimate of drug-likeness (QED) is 0.789. The molecule has 3 rings (SSSR count). The smallest absolute Gasteiger partial charge is 0.225 e. The summed E-state index contributed by atoms with van der Waals surface area (Å²) in [7, 11) is 0. The Kier molecular flexibility index (Phi) is 6.63. The zero-order valence-electron chi connectivity index (χ0n) is 14.5. The Morgan fingerprint density at radius 1 is 1.38 bits per heavy atom. The third-order valence-electron chi connectivity index (χ3n) is 5.07. The number of nitrogens with zero attached hydrogens (tertiary/aromatic N) is 2. The van der Waals surface area contributed by atoms with E-state index in [4.69, 9.17) is 9.47 Å². The van der Waals surface area contributed by atoms with Gasteiger partial charge in [-0.15, -0.1) is 11.3 Å². The number of carbonyl (C=O) groups is 1. The molecule has 0 aliphatic carbocycles. The van der Waals surface area contributed by atoms with Crippen molar-refractivity contribution in [3.63, 3.8) is 0 Å². The van der Waals surface area contributed by atoms with E-state index in [9.17, 15) is 4.79 Å². The number of amides is 1. The Balaban J connectivity index is 1.35. The van der Waals surface area contributed by atoms with Gasteiger partial charge in [0.1, 0.15) is 0 Å². The van der Waals surface area contributed by atoms with E-state index in [0.29, 0.717) is 18.3 Å². The maximum atomic E-state index is 12.5. The van der Waals surface area contributed by atoms with Gasteiger partial charge in [-0.2, -0.15) is 0 Å². The summed E-state index contributed by atoms with van der Waals surface area (Å²) in [5.74, 6) is 1.34. The highest BCUT2D eigenvalue weighted by Gasteiger charge is 2.26. The lowest BCUT2D eigenvalue weighted by molar-refractivity contribution is -0.135. The monoisotopic (exact) mass is 352 g/mol. The highest BCUT2D eigenvalue weighted by atomic mass is 32.1. The fourth-order valence-corrected chi connectivity index (χ4v) is 4.27. The van der Waals surface area contributed by atoms with Crippen LogP contribution < -0.4 is 0 Å². The zero-order chi connectivity index (χ0) is 16.8. The van der Waals surface area contributed by atoms with Gasteiger partial charge in [0.05, 0.1) is 17.5 Å². The summed E-state index contributed by atoms with van der Waals surface area (Å²) in [6.45, 7) is 6.14. The van der Waals surface area contributed by atoms with Gasteiger partial charge in [-0.05, 0) is 38.5 Å². The number of rotatable bonds is 6. The number of carbonyl (C=O) groups excluding carboxylic acids is 1. The van der Waals surface area contributed by atoms with Crippen molar-refractivity contribution < 1.29 is 14.3 Å². The van der Waals surface area contributed by atoms with E-state index in [1.54, 1.807) is 11.3 Å². The lowest BCUT2D eigenvalue weighted by Crippen LogP contribution is -2.39. The molecule has 1 aromatic heterocycles. The Morgan fingerprint density at radius 3 is 2.79 bits per heavy atom. The molecule has 2 aliphatic rings. The second kappa shape index (κ2) is 8.92. The summed E-state index contributed by atoms with van der Waals surface area (Å²) in [4.78, 5) is 18.9. The zero-order valence-corrected chi connectivity index (χ0v) is 15.3. The summed E-state index contributed by atoms with van der Waals surface area (Å²) in [6.07, 6.45) is 6.56. The van der Waals surface area contributed by atoms with Crippen molar-refractivity contribution in [2.24, 2.45) is 5.92 Å². The highest BCUT2D eigenvalue weighted by molar-refractivity contribution is 7.09. The molecule has 6 heteroatoms. The molecule has 2 fully saturated rings. The molecule has 0 saturated carbocycles. The molecule has 3 heterocycles. The Morgan fingerprint density at radius 2 is 2.12 bits per heavy atom. The van der Waals surface area contributed by atoms with Crippen LogP contribution in [0.2, 0.25) is 0 Å². The van der Waals surface area contributed by atoms with Crippen molar-refractivity contribution in [2.45, 2.75) is 51.0 Å². The third kappa shape index (κ3) is 5.01. The van der Waals surface area contributed by atoms with Crippen LogP contribution in [0, 0.1) is 5.92 Å². The van der Waals surface area contributed by atoms with Crippen LogP contribution in [-0.2, 0) is 14.3 Å². The highest BCUT2D eigenvalue weighted by Crippen LogP contribution is 2.29. The molecule has 2 saturated heterocycles. The van der Waals surface area contributed by atoms with Crippen molar-refractivity contribution in [3.05, 3.63) is 16.6 Å². The number of hydrogen-bond donors (Lipinski definition) is 0. The molecule has 0 aromatic carbocycles. The molecule has 0 N–H and O–H groups in total. The molecule has 2 aliphatic heterocycles. The molecule has 5 nitrogen and oxygen atoms in total. The Labute approximate surface area is 148 Å². The fourth-order valence-electron chi connectivity index (χ4n) is 3.46. The number of ether oxygens (including phenoxy) is 2. The van der Waals surface area contributed by atoms with Gasteiger partial charge < -0.3 is 14.4 Å². The van der Waals surface area contributed by atoms with Crippen molar-refractivity contribution >= 4 is 17.2 Å².